The van der Waals surface area contributed by atoms with Crippen molar-refractivity contribution in [2.24, 2.45) is 11.5 Å². The Labute approximate surface area is 89.6 Å². The summed E-state index contributed by atoms with van der Waals surface area (Å²) in [5.74, 6) is -1.70. The predicted molar refractivity (Wildman–Crippen MR) is 52.7 cm³/mol. The minimum atomic E-state index is -3.70. The minimum Gasteiger partial charge on any atom is -0.369 e. The molecule has 0 bridgehead atoms. The number of carbonyl (C=O) groups excluding carboxylic acids is 2. The van der Waals surface area contributed by atoms with Crippen LogP contribution in [0, 0.1) is 0 Å². The number of halogens is 1. The van der Waals surface area contributed by atoms with E-state index in [-0.39, 0.29) is 0 Å². The van der Waals surface area contributed by atoms with Crippen molar-refractivity contribution in [3.63, 3.8) is 0 Å². The fourth-order valence-corrected chi connectivity index (χ4v) is 2.32. The van der Waals surface area contributed by atoms with Gasteiger partial charge in [-0.25, -0.2) is 8.42 Å². The second-order valence-electron chi connectivity index (χ2n) is 2.42. The third kappa shape index (κ3) is 4.53. The van der Waals surface area contributed by atoms with Crippen molar-refractivity contribution in [2.75, 3.05) is 17.8 Å². The van der Waals surface area contributed by atoms with E-state index in [1.165, 1.54) is 0 Å². The third-order valence-electron chi connectivity index (χ3n) is 1.20. The Morgan fingerprint density at radius 1 is 1.14 bits per heavy atom. The van der Waals surface area contributed by atoms with Crippen LogP contribution >= 0.6 is 15.9 Å². The molecule has 4 N–H and O–H groups in total. The van der Waals surface area contributed by atoms with Gasteiger partial charge in [-0.05, 0) is 0 Å². The molecule has 0 aliphatic carbocycles. The van der Waals surface area contributed by atoms with Gasteiger partial charge in [0.15, 0.2) is 0 Å². The molecule has 7 nitrogen and oxygen atoms in total. The van der Waals surface area contributed by atoms with Gasteiger partial charge < -0.3 is 11.5 Å². The zero-order valence-corrected chi connectivity index (χ0v) is 9.54. The van der Waals surface area contributed by atoms with Crippen LogP contribution in [0.15, 0.2) is 0 Å². The monoisotopic (exact) mass is 287 g/mol. The maximum atomic E-state index is 11.2. The minimum absolute atomic E-state index is 0.402. The molecular weight excluding hydrogens is 278 g/mol. The Hall–Kier alpha value is -0.670. The van der Waals surface area contributed by atoms with Crippen LogP contribution in [-0.4, -0.2) is 42.3 Å². The highest BCUT2D eigenvalue weighted by molar-refractivity contribution is 9.10. The van der Waals surface area contributed by atoms with Crippen molar-refractivity contribution in [3.05, 3.63) is 0 Å². The lowest BCUT2D eigenvalue weighted by atomic mass is 10.5. The molecule has 0 fully saturated rings. The van der Waals surface area contributed by atoms with Crippen molar-refractivity contribution in [1.29, 1.82) is 0 Å². The average Bonchev–Trinajstić information content (AvgIpc) is 2.01. The summed E-state index contributed by atoms with van der Waals surface area (Å²) in [5.41, 5.74) is 9.62. The highest BCUT2D eigenvalue weighted by Gasteiger charge is 2.23. The van der Waals surface area contributed by atoms with Gasteiger partial charge in [0.1, 0.15) is 4.66 Å². The zero-order valence-electron chi connectivity index (χ0n) is 7.14. The van der Waals surface area contributed by atoms with Crippen LogP contribution < -0.4 is 11.5 Å². The van der Waals surface area contributed by atoms with Crippen LogP contribution in [-0.2, 0) is 19.6 Å². The maximum Gasteiger partial charge on any atom is 0.232 e. The molecule has 0 atom stereocenters. The van der Waals surface area contributed by atoms with Crippen molar-refractivity contribution in [2.45, 2.75) is 0 Å². The number of nitrogens with zero attached hydrogens (tertiary/aromatic N) is 1. The summed E-state index contributed by atoms with van der Waals surface area (Å²) in [6.45, 7) is -1.12. The van der Waals surface area contributed by atoms with Crippen molar-refractivity contribution in [3.8, 4) is 0 Å². The van der Waals surface area contributed by atoms with Crippen LogP contribution in [0.25, 0.3) is 0 Å². The molecule has 0 aromatic heterocycles. The van der Waals surface area contributed by atoms with E-state index < -0.39 is 39.6 Å². The molecule has 0 aliphatic rings. The van der Waals surface area contributed by atoms with Gasteiger partial charge in [0.25, 0.3) is 0 Å². The first kappa shape index (κ1) is 13.3. The number of nitrogens with two attached hydrogens (primary N) is 2. The van der Waals surface area contributed by atoms with Gasteiger partial charge in [0.2, 0.25) is 21.8 Å². The number of carbonyl (C=O) groups is 2. The van der Waals surface area contributed by atoms with Gasteiger partial charge in [-0.3, -0.25) is 9.59 Å². The van der Waals surface area contributed by atoms with Gasteiger partial charge in [-0.15, -0.1) is 0 Å². The van der Waals surface area contributed by atoms with Crippen LogP contribution in [0.1, 0.15) is 0 Å². The molecule has 0 heterocycles. The molecule has 0 saturated carbocycles. The van der Waals surface area contributed by atoms with Crippen LogP contribution in [0.4, 0.5) is 0 Å². The SMILES string of the molecule is NC(=O)CN(CC(N)=O)S(=O)(=O)CBr. The smallest absolute Gasteiger partial charge is 0.232 e. The van der Waals surface area contributed by atoms with Gasteiger partial charge in [0, 0.05) is 0 Å². The normalized spacial score (nSPS) is 11.6. The molecule has 2 amide bonds. The molecule has 0 aromatic rings. The first-order valence-corrected chi connectivity index (χ1v) is 6.13. The van der Waals surface area contributed by atoms with Gasteiger partial charge >= 0.3 is 0 Å². The van der Waals surface area contributed by atoms with Crippen molar-refractivity contribution < 1.29 is 18.0 Å². The Morgan fingerprint density at radius 2 is 1.50 bits per heavy atom. The summed E-state index contributed by atoms with van der Waals surface area (Å²) in [4.78, 5) is 21.0. The highest BCUT2D eigenvalue weighted by Crippen LogP contribution is 2.03. The molecule has 0 spiro atoms. The van der Waals surface area contributed by atoms with E-state index in [9.17, 15) is 18.0 Å². The van der Waals surface area contributed by atoms with E-state index in [2.05, 4.69) is 15.9 Å². The molecule has 9 heteroatoms. The van der Waals surface area contributed by atoms with Gasteiger partial charge in [-0.1, -0.05) is 15.9 Å². The van der Waals surface area contributed by atoms with E-state index >= 15 is 0 Å². The van der Waals surface area contributed by atoms with Crippen LogP contribution in [0.2, 0.25) is 0 Å². The number of hydrogen-bond donors (Lipinski definition) is 2. The van der Waals surface area contributed by atoms with E-state index in [0.29, 0.717) is 4.31 Å². The summed E-state index contributed by atoms with van der Waals surface area (Å²) in [6, 6.07) is 0. The number of amides is 2. The molecule has 0 saturated heterocycles. The molecule has 0 radical (unpaired) electrons. The fourth-order valence-electron chi connectivity index (χ4n) is 0.669. The van der Waals surface area contributed by atoms with E-state index in [1.807, 2.05) is 0 Å². The number of rotatable bonds is 6. The lowest BCUT2D eigenvalue weighted by molar-refractivity contribution is -0.120. The third-order valence-corrected chi connectivity index (χ3v) is 4.25. The highest BCUT2D eigenvalue weighted by atomic mass is 79.9. The van der Waals surface area contributed by atoms with Crippen molar-refractivity contribution in [1.82, 2.24) is 4.31 Å². The fraction of sp³-hybridized carbons (Fsp3) is 0.600. The number of hydrogen-bond acceptors (Lipinski definition) is 4. The second kappa shape index (κ2) is 5.27. The summed E-state index contributed by atoms with van der Waals surface area (Å²) < 4.78 is 22.7. The maximum absolute atomic E-state index is 11.2. The first-order chi connectivity index (χ1) is 6.29. The standard InChI is InChI=1S/C5H10BrN3O4S/c6-3-14(12,13)9(1-4(7)10)2-5(8)11/h1-3H2,(H2,7,10)(H2,8,11). The average molecular weight is 288 g/mol. The first-order valence-electron chi connectivity index (χ1n) is 3.40. The summed E-state index contributed by atoms with van der Waals surface area (Å²) >= 11 is 2.72. The Bertz CT molecular complexity index is 312. The number of alkyl halides is 1. The van der Waals surface area contributed by atoms with E-state index in [4.69, 9.17) is 11.5 Å². The Morgan fingerprint density at radius 3 is 1.71 bits per heavy atom. The summed E-state index contributed by atoms with van der Waals surface area (Å²) in [6.07, 6.45) is 0. The van der Waals surface area contributed by atoms with E-state index in [1.54, 1.807) is 0 Å². The predicted octanol–water partition coefficient (Wildman–Crippen LogP) is -2.06. The second-order valence-corrected chi connectivity index (χ2v) is 5.69. The molecule has 0 aromatic carbocycles. The number of primary amides is 2. The Kier molecular flexibility index (Phi) is 5.02. The quantitative estimate of drug-likeness (QED) is 0.545. The zero-order chi connectivity index (χ0) is 11.4. The number of sulfonamides is 1. The largest absolute Gasteiger partial charge is 0.369 e. The summed E-state index contributed by atoms with van der Waals surface area (Å²) in [5, 5.41) is 0. The topological polar surface area (TPSA) is 124 Å². The van der Waals surface area contributed by atoms with Crippen molar-refractivity contribution >= 4 is 37.8 Å². The van der Waals surface area contributed by atoms with Crippen LogP contribution in [0.3, 0.4) is 0 Å². The van der Waals surface area contributed by atoms with E-state index in [0.717, 1.165) is 0 Å². The molecule has 0 unspecified atom stereocenters. The molecular formula is C5H10BrN3O4S. The lowest BCUT2D eigenvalue weighted by Gasteiger charge is -2.17. The molecule has 0 aliphatic heterocycles. The van der Waals surface area contributed by atoms with Gasteiger partial charge in [0.05, 0.1) is 13.1 Å². The molecule has 0 rings (SSSR count). The summed E-state index contributed by atoms with van der Waals surface area (Å²) in [7, 11) is -3.70. The molecule has 14 heavy (non-hydrogen) atoms. The lowest BCUT2D eigenvalue weighted by Crippen LogP contribution is -2.43. The Balaban J connectivity index is 4.72. The van der Waals surface area contributed by atoms with Crippen LogP contribution in [0.5, 0.6) is 0 Å². The molecule has 82 valence electrons. The van der Waals surface area contributed by atoms with Gasteiger partial charge in [-0.2, -0.15) is 4.31 Å².